The van der Waals surface area contributed by atoms with Crippen molar-refractivity contribution in [3.8, 4) is 16.8 Å². The molecule has 3 heterocycles. The molecule has 0 radical (unpaired) electrons. The number of ether oxygens (including phenoxy) is 1. The summed E-state index contributed by atoms with van der Waals surface area (Å²) in [6.45, 7) is 0.216. The summed E-state index contributed by atoms with van der Waals surface area (Å²) in [5.41, 5.74) is -0.803. The van der Waals surface area contributed by atoms with E-state index in [2.05, 4.69) is 20.3 Å². The molecule has 1 unspecified atom stereocenters. The first-order valence-electron chi connectivity index (χ1n) is 15.9. The van der Waals surface area contributed by atoms with Gasteiger partial charge in [-0.05, 0) is 47.5 Å². The highest BCUT2D eigenvalue weighted by atomic mass is 32.2. The van der Waals surface area contributed by atoms with Crippen LogP contribution in [0.25, 0.3) is 27.7 Å². The first kappa shape index (κ1) is 37.1. The summed E-state index contributed by atoms with van der Waals surface area (Å²) in [5, 5.41) is 12.2. The molecule has 3 aromatic carbocycles. The van der Waals surface area contributed by atoms with Crippen molar-refractivity contribution < 1.29 is 36.6 Å². The number of benzene rings is 3. The molecule has 15 nitrogen and oxygen atoms in total. The van der Waals surface area contributed by atoms with Crippen molar-refractivity contribution >= 4 is 38.5 Å². The molecular formula is C36H29F2N7O8S. The lowest BCUT2D eigenvalue weighted by Crippen LogP contribution is -2.42. The Hall–Kier alpha value is -6.66. The number of nitrogens with zero attached hydrogens (tertiary/aromatic N) is 5. The van der Waals surface area contributed by atoms with Gasteiger partial charge in [0, 0.05) is 50.8 Å². The third kappa shape index (κ3) is 7.59. The first-order valence-corrected chi connectivity index (χ1v) is 17.4. The summed E-state index contributed by atoms with van der Waals surface area (Å²) >= 11 is 0. The fourth-order valence-corrected chi connectivity index (χ4v) is 6.57. The Balaban J connectivity index is 1.15. The number of rotatable bonds is 12. The average Bonchev–Trinajstić information content (AvgIpc) is 3.16. The van der Waals surface area contributed by atoms with Gasteiger partial charge in [0.15, 0.2) is 5.82 Å². The number of sulfonamides is 1. The van der Waals surface area contributed by atoms with E-state index in [0.717, 1.165) is 4.57 Å². The minimum absolute atomic E-state index is 0.198. The number of fused-ring (bicyclic) bond motifs is 1. The van der Waals surface area contributed by atoms with E-state index in [1.165, 1.54) is 98.1 Å². The van der Waals surface area contributed by atoms with Crippen molar-refractivity contribution in [2.24, 2.45) is 7.05 Å². The van der Waals surface area contributed by atoms with Gasteiger partial charge in [0.05, 0.1) is 38.9 Å². The van der Waals surface area contributed by atoms with Crippen molar-refractivity contribution in [1.29, 1.82) is 0 Å². The van der Waals surface area contributed by atoms with Gasteiger partial charge in [-0.2, -0.15) is 0 Å². The Labute approximate surface area is 304 Å². The van der Waals surface area contributed by atoms with Crippen LogP contribution in [0.3, 0.4) is 0 Å². The van der Waals surface area contributed by atoms with Gasteiger partial charge in [-0.25, -0.2) is 41.3 Å². The number of aliphatic carboxylic acids is 1. The van der Waals surface area contributed by atoms with Crippen molar-refractivity contribution in [2.75, 3.05) is 11.8 Å². The Morgan fingerprint density at radius 2 is 1.61 bits per heavy atom. The molecule has 1 atom stereocenters. The zero-order chi connectivity index (χ0) is 38.7. The summed E-state index contributed by atoms with van der Waals surface area (Å²) in [6.07, 6.45) is 5.57. The molecule has 0 aliphatic carbocycles. The minimum Gasteiger partial charge on any atom is -0.480 e. The van der Waals surface area contributed by atoms with Crippen molar-refractivity contribution in [3.63, 3.8) is 0 Å². The quantitative estimate of drug-likeness (QED) is 0.165. The van der Waals surface area contributed by atoms with Gasteiger partial charge in [0.1, 0.15) is 24.3 Å². The third-order valence-electron chi connectivity index (χ3n) is 8.33. The number of aryl methyl sites for hydroxylation is 1. The predicted octanol–water partition coefficient (Wildman–Crippen LogP) is 3.19. The topological polar surface area (TPSA) is 204 Å². The number of amides is 1. The fraction of sp³-hybridized carbons (Fsp3) is 0.139. The number of carbonyl (C=O) groups is 2. The molecule has 18 heteroatoms. The van der Waals surface area contributed by atoms with E-state index >= 15 is 8.78 Å². The molecule has 0 bridgehead atoms. The number of carboxylic acid groups (broad SMARTS) is 1. The van der Waals surface area contributed by atoms with Crippen LogP contribution in [-0.4, -0.2) is 62.6 Å². The van der Waals surface area contributed by atoms with Gasteiger partial charge in [0.2, 0.25) is 0 Å². The number of nitrogens with one attached hydrogen (secondary N) is 2. The molecule has 0 saturated carbocycles. The summed E-state index contributed by atoms with van der Waals surface area (Å²) in [5.74, 6) is -4.94. The van der Waals surface area contributed by atoms with Gasteiger partial charge in [-0.3, -0.25) is 23.9 Å². The van der Waals surface area contributed by atoms with Crippen LogP contribution in [0.5, 0.6) is 0 Å². The minimum atomic E-state index is -4.42. The number of carboxylic acids is 1. The van der Waals surface area contributed by atoms with E-state index in [0.29, 0.717) is 40.2 Å². The normalized spacial score (nSPS) is 12.0. The maximum atomic E-state index is 15.2. The van der Waals surface area contributed by atoms with Crippen LogP contribution >= 0.6 is 0 Å². The maximum absolute atomic E-state index is 15.2. The molecule has 0 aliphatic rings. The highest BCUT2D eigenvalue weighted by Gasteiger charge is 2.26. The maximum Gasteiger partial charge on any atom is 0.335 e. The number of carbonyl (C=O) groups excluding carboxylic acids is 1. The van der Waals surface area contributed by atoms with Gasteiger partial charge in [-0.1, -0.05) is 24.3 Å². The van der Waals surface area contributed by atoms with Crippen LogP contribution in [0.4, 0.5) is 14.5 Å². The number of hydrogen-bond acceptors (Lipinski definition) is 10. The molecule has 276 valence electrons. The van der Waals surface area contributed by atoms with E-state index in [9.17, 15) is 32.7 Å². The molecular weight excluding hydrogens is 728 g/mol. The third-order valence-corrected chi connectivity index (χ3v) is 9.71. The van der Waals surface area contributed by atoms with Gasteiger partial charge >= 0.3 is 11.7 Å². The van der Waals surface area contributed by atoms with Crippen molar-refractivity contribution in [1.82, 2.24) is 29.4 Å². The molecule has 0 aliphatic heterocycles. The average molecular weight is 758 g/mol. The summed E-state index contributed by atoms with van der Waals surface area (Å²) in [6, 6.07) is 12.0. The largest absolute Gasteiger partial charge is 0.480 e. The molecule has 1 amide bonds. The smallest absolute Gasteiger partial charge is 0.335 e. The summed E-state index contributed by atoms with van der Waals surface area (Å²) in [7, 11) is -1.44. The SMILES string of the molecule is COCc1ncc(-c2ccc(S(=O)(=O)Nc3cc(F)c(C(=O)NC(Cc4ccc(-n5c(=O)c6ccncc6n(C)c5=O)cc4)C(=O)O)cc3F)cc2)cn1. The van der Waals surface area contributed by atoms with Crippen LogP contribution in [0.1, 0.15) is 21.7 Å². The lowest BCUT2D eigenvalue weighted by molar-refractivity contribution is -0.139. The van der Waals surface area contributed by atoms with Gasteiger partial charge < -0.3 is 15.2 Å². The van der Waals surface area contributed by atoms with Gasteiger partial charge in [0.25, 0.3) is 21.5 Å². The number of halogens is 2. The van der Waals surface area contributed by atoms with Crippen LogP contribution in [0, 0.1) is 11.6 Å². The number of pyridine rings is 1. The molecule has 54 heavy (non-hydrogen) atoms. The monoisotopic (exact) mass is 757 g/mol. The summed E-state index contributed by atoms with van der Waals surface area (Å²) in [4.78, 5) is 63.1. The molecule has 3 N–H and O–H groups in total. The van der Waals surface area contributed by atoms with Crippen LogP contribution in [0.15, 0.2) is 106 Å². The Morgan fingerprint density at radius 1 is 0.926 bits per heavy atom. The summed E-state index contributed by atoms with van der Waals surface area (Å²) < 4.78 is 65.5. The predicted molar refractivity (Wildman–Crippen MR) is 191 cm³/mol. The molecule has 0 fully saturated rings. The van der Waals surface area contributed by atoms with E-state index < -0.39 is 62.1 Å². The molecule has 6 aromatic rings. The first-order chi connectivity index (χ1) is 25.8. The second-order valence-electron chi connectivity index (χ2n) is 11.9. The lowest BCUT2D eigenvalue weighted by Gasteiger charge is -2.16. The van der Waals surface area contributed by atoms with E-state index in [4.69, 9.17) is 4.74 Å². The lowest BCUT2D eigenvalue weighted by atomic mass is 10.0. The highest BCUT2D eigenvalue weighted by Crippen LogP contribution is 2.25. The van der Waals surface area contributed by atoms with Crippen LogP contribution in [-0.2, 0) is 39.6 Å². The van der Waals surface area contributed by atoms with E-state index in [1.54, 1.807) is 0 Å². The number of aromatic nitrogens is 5. The van der Waals surface area contributed by atoms with E-state index in [-0.39, 0.29) is 29.0 Å². The fourth-order valence-electron chi connectivity index (χ4n) is 5.51. The van der Waals surface area contributed by atoms with Crippen molar-refractivity contribution in [3.05, 3.63) is 141 Å². The zero-order valence-electron chi connectivity index (χ0n) is 28.4. The second kappa shape index (κ2) is 15.1. The highest BCUT2D eigenvalue weighted by molar-refractivity contribution is 7.92. The van der Waals surface area contributed by atoms with Gasteiger partial charge in [-0.15, -0.1) is 0 Å². The number of methoxy groups -OCH3 is 1. The Kier molecular flexibility index (Phi) is 10.4. The molecule has 0 spiro atoms. The number of anilines is 1. The van der Waals surface area contributed by atoms with Crippen LogP contribution < -0.4 is 21.3 Å². The zero-order valence-corrected chi connectivity index (χ0v) is 29.2. The van der Waals surface area contributed by atoms with Crippen molar-refractivity contribution in [2.45, 2.75) is 24.0 Å². The standard InChI is InChI=1S/C36H29F2N7O8S/c1-44-31-18-39-12-11-25(31)34(47)45(36(44)50)23-7-3-20(4-8-23)13-30(35(48)49)42-33(46)26-14-28(38)29(15-27(26)37)43-54(51,52)24-9-5-21(6-10-24)22-16-40-32(19-53-2)41-17-22/h3-12,14-18,30,43H,13,19H2,1-2H3,(H,42,46)(H,48,49). The molecule has 6 rings (SSSR count). The Morgan fingerprint density at radius 3 is 2.26 bits per heavy atom. The number of hydrogen-bond donors (Lipinski definition) is 3. The Bertz CT molecular complexity index is 2630. The molecule has 0 saturated heterocycles. The molecule has 3 aromatic heterocycles. The van der Waals surface area contributed by atoms with Crippen LogP contribution in [0.2, 0.25) is 0 Å². The van der Waals surface area contributed by atoms with E-state index in [1.807, 2.05) is 4.72 Å². The second-order valence-corrected chi connectivity index (χ2v) is 13.6.